The van der Waals surface area contributed by atoms with Crippen LogP contribution in [0.4, 0.5) is 4.39 Å². The number of nitrogens with zero attached hydrogens (tertiary/aromatic N) is 2. The molecule has 0 saturated heterocycles. The average molecular weight is 395 g/mol. The third kappa shape index (κ3) is 3.18. The summed E-state index contributed by atoms with van der Waals surface area (Å²) in [6, 6.07) is 9.43. The first-order valence-electron chi connectivity index (χ1n) is 8.64. The second-order valence-corrected chi connectivity index (χ2v) is 8.85. The molecule has 142 valence electrons. The molecule has 1 N–H and O–H groups in total. The molecule has 0 fully saturated rings. The Hall–Kier alpha value is -3.06. The molecule has 7 heteroatoms. The highest BCUT2D eigenvalue weighted by Gasteiger charge is 2.13. The van der Waals surface area contributed by atoms with Gasteiger partial charge >= 0.3 is 0 Å². The molecule has 0 aliphatic rings. The summed E-state index contributed by atoms with van der Waals surface area (Å²) >= 11 is 0. The fourth-order valence-electron chi connectivity index (χ4n) is 3.25. The number of H-pyrrole nitrogens is 1. The van der Waals surface area contributed by atoms with Crippen LogP contribution in [0.2, 0.25) is 0 Å². The summed E-state index contributed by atoms with van der Waals surface area (Å²) in [7, 11) is -3.35. The van der Waals surface area contributed by atoms with Gasteiger partial charge < -0.3 is 4.98 Å². The largest absolute Gasteiger partial charge is 0.354 e. The van der Waals surface area contributed by atoms with Crippen LogP contribution in [0, 0.1) is 19.7 Å². The first-order chi connectivity index (χ1) is 13.2. The third-order valence-electron chi connectivity index (χ3n) is 4.84. The van der Waals surface area contributed by atoms with E-state index in [1.165, 1.54) is 6.20 Å². The Labute approximate surface area is 162 Å². The number of fused-ring (bicyclic) bond motifs is 1. The molecule has 28 heavy (non-hydrogen) atoms. The fraction of sp³-hybridized carbons (Fsp3) is 0.143. The van der Waals surface area contributed by atoms with Gasteiger partial charge in [-0.25, -0.2) is 17.8 Å². The molecule has 0 saturated carbocycles. The van der Waals surface area contributed by atoms with Crippen molar-refractivity contribution in [1.29, 1.82) is 0 Å². The van der Waals surface area contributed by atoms with Crippen molar-refractivity contribution in [2.24, 2.45) is 0 Å². The fourth-order valence-corrected chi connectivity index (χ4v) is 3.89. The van der Waals surface area contributed by atoms with Gasteiger partial charge in [-0.15, -0.1) is 0 Å². The monoisotopic (exact) mass is 395 g/mol. The number of rotatable bonds is 3. The molecule has 1 aromatic carbocycles. The molecular formula is C21H18FN3O2S. The van der Waals surface area contributed by atoms with Crippen molar-refractivity contribution < 1.29 is 12.8 Å². The Morgan fingerprint density at radius 3 is 2.50 bits per heavy atom. The number of aryl methyl sites for hydroxylation is 1. The second-order valence-electron chi connectivity index (χ2n) is 6.89. The maximum absolute atomic E-state index is 13.8. The van der Waals surface area contributed by atoms with Gasteiger partial charge in [0.15, 0.2) is 14.9 Å². The van der Waals surface area contributed by atoms with Gasteiger partial charge in [-0.1, -0.05) is 6.07 Å². The van der Waals surface area contributed by atoms with Crippen molar-refractivity contribution in [3.8, 4) is 22.4 Å². The molecule has 0 bridgehead atoms. The van der Waals surface area contributed by atoms with Crippen LogP contribution in [0.15, 0.2) is 53.9 Å². The van der Waals surface area contributed by atoms with Crippen LogP contribution >= 0.6 is 0 Å². The minimum Gasteiger partial charge on any atom is -0.354 e. The molecule has 0 unspecified atom stereocenters. The lowest BCUT2D eigenvalue weighted by Gasteiger charge is -2.07. The first-order valence-corrected chi connectivity index (χ1v) is 10.5. The standard InChI is InChI=1S/C21H18FN3O2S/c1-12-6-21(28(3,26)27)24-10-16(12)14-4-5-19-15(7-14)8-20(25-19)17-9-23-11-18(22)13(17)2/h4-11,25H,1-3H3. The predicted molar refractivity (Wildman–Crippen MR) is 107 cm³/mol. The molecule has 0 atom stereocenters. The Kier molecular flexibility index (Phi) is 4.27. The van der Waals surface area contributed by atoms with Crippen LogP contribution in [0.25, 0.3) is 33.3 Å². The van der Waals surface area contributed by atoms with E-state index in [9.17, 15) is 12.8 Å². The van der Waals surface area contributed by atoms with Crippen molar-refractivity contribution >= 4 is 20.7 Å². The van der Waals surface area contributed by atoms with Crippen molar-refractivity contribution in [2.75, 3.05) is 6.26 Å². The molecule has 4 aromatic rings. The average Bonchev–Trinajstić information content (AvgIpc) is 3.06. The van der Waals surface area contributed by atoms with Gasteiger partial charge in [-0.05, 0) is 54.8 Å². The van der Waals surface area contributed by atoms with Gasteiger partial charge in [0, 0.05) is 46.4 Å². The van der Waals surface area contributed by atoms with Gasteiger partial charge in [0.05, 0.1) is 6.20 Å². The van der Waals surface area contributed by atoms with Crippen LogP contribution in [-0.4, -0.2) is 29.6 Å². The van der Waals surface area contributed by atoms with Crippen LogP contribution in [0.1, 0.15) is 11.1 Å². The predicted octanol–water partition coefficient (Wildman–Crippen LogP) is 4.45. The zero-order chi connectivity index (χ0) is 20.1. The summed E-state index contributed by atoms with van der Waals surface area (Å²) in [6.07, 6.45) is 5.57. The zero-order valence-corrected chi connectivity index (χ0v) is 16.4. The number of hydrogen-bond donors (Lipinski definition) is 1. The van der Waals surface area contributed by atoms with Crippen LogP contribution in [0.3, 0.4) is 0 Å². The van der Waals surface area contributed by atoms with E-state index in [4.69, 9.17) is 0 Å². The van der Waals surface area contributed by atoms with Gasteiger partial charge in [-0.2, -0.15) is 0 Å². The summed E-state index contributed by atoms with van der Waals surface area (Å²) in [5, 5.41) is 1.02. The lowest BCUT2D eigenvalue weighted by Crippen LogP contribution is -2.01. The highest BCUT2D eigenvalue weighted by molar-refractivity contribution is 7.90. The summed E-state index contributed by atoms with van der Waals surface area (Å²) in [5.41, 5.74) is 5.58. The van der Waals surface area contributed by atoms with Gasteiger partial charge in [-0.3, -0.25) is 4.98 Å². The summed E-state index contributed by atoms with van der Waals surface area (Å²) in [6.45, 7) is 3.59. The topological polar surface area (TPSA) is 75.7 Å². The number of nitrogens with one attached hydrogen (secondary N) is 1. The minimum absolute atomic E-state index is 0.0628. The molecule has 0 aliphatic carbocycles. The van der Waals surface area contributed by atoms with Crippen molar-refractivity contribution in [3.05, 3.63) is 65.9 Å². The van der Waals surface area contributed by atoms with E-state index in [1.807, 2.05) is 31.2 Å². The van der Waals surface area contributed by atoms with Gasteiger partial charge in [0.25, 0.3) is 0 Å². The Morgan fingerprint density at radius 1 is 1.00 bits per heavy atom. The molecule has 3 aromatic heterocycles. The van der Waals surface area contributed by atoms with Crippen LogP contribution in [-0.2, 0) is 9.84 Å². The van der Waals surface area contributed by atoms with Gasteiger partial charge in [0.1, 0.15) is 5.82 Å². The number of aromatic amines is 1. The number of pyridine rings is 2. The number of hydrogen-bond acceptors (Lipinski definition) is 4. The zero-order valence-electron chi connectivity index (χ0n) is 15.6. The Morgan fingerprint density at radius 2 is 1.79 bits per heavy atom. The summed E-state index contributed by atoms with van der Waals surface area (Å²) in [4.78, 5) is 11.3. The molecule has 5 nitrogen and oxygen atoms in total. The summed E-state index contributed by atoms with van der Waals surface area (Å²) in [5.74, 6) is -0.343. The van der Waals surface area contributed by atoms with Crippen molar-refractivity contribution in [3.63, 3.8) is 0 Å². The van der Waals surface area contributed by atoms with Gasteiger partial charge in [0.2, 0.25) is 0 Å². The quantitative estimate of drug-likeness (QED) is 0.556. The van der Waals surface area contributed by atoms with E-state index in [1.54, 1.807) is 25.4 Å². The van der Waals surface area contributed by atoms with E-state index in [-0.39, 0.29) is 10.8 Å². The smallest absolute Gasteiger partial charge is 0.192 e. The molecule has 0 amide bonds. The lowest BCUT2D eigenvalue weighted by molar-refractivity contribution is 0.598. The number of aromatic nitrogens is 3. The number of sulfone groups is 1. The lowest BCUT2D eigenvalue weighted by atomic mass is 10.0. The molecule has 4 rings (SSSR count). The first kappa shape index (κ1) is 18.3. The van der Waals surface area contributed by atoms with Crippen LogP contribution in [0.5, 0.6) is 0 Å². The molecule has 0 spiro atoms. The van der Waals surface area contributed by atoms with Crippen molar-refractivity contribution in [2.45, 2.75) is 18.9 Å². The van der Waals surface area contributed by atoms with E-state index >= 15 is 0 Å². The SMILES string of the molecule is Cc1cc(S(C)(=O)=O)ncc1-c1ccc2[nH]c(-c3cncc(F)c3C)cc2c1. The summed E-state index contributed by atoms with van der Waals surface area (Å²) < 4.78 is 37.2. The van der Waals surface area contributed by atoms with Crippen molar-refractivity contribution in [1.82, 2.24) is 15.0 Å². The number of benzene rings is 1. The van der Waals surface area contributed by atoms with E-state index in [2.05, 4.69) is 15.0 Å². The highest BCUT2D eigenvalue weighted by Crippen LogP contribution is 2.31. The van der Waals surface area contributed by atoms with Crippen LogP contribution < -0.4 is 0 Å². The minimum atomic E-state index is -3.35. The maximum Gasteiger partial charge on any atom is 0.192 e. The van der Waals surface area contributed by atoms with E-state index < -0.39 is 9.84 Å². The molecule has 0 radical (unpaired) electrons. The third-order valence-corrected chi connectivity index (χ3v) is 5.82. The molecular weight excluding hydrogens is 377 g/mol. The molecule has 3 heterocycles. The normalized spacial score (nSPS) is 11.9. The van der Waals surface area contributed by atoms with E-state index in [0.717, 1.165) is 39.5 Å². The second kappa shape index (κ2) is 6.53. The van der Waals surface area contributed by atoms with E-state index in [0.29, 0.717) is 11.1 Å². The molecule has 0 aliphatic heterocycles. The Balaban J connectivity index is 1.80. The Bertz CT molecular complexity index is 1330. The number of halogens is 1. The highest BCUT2D eigenvalue weighted by atomic mass is 32.2. The maximum atomic E-state index is 13.8.